The third kappa shape index (κ3) is 3.65. The SMILES string of the molecule is CC(Oc1ccc(Cl)cc1)C(=O)N1CCN(C)c2ccccc2C1. The Morgan fingerprint density at radius 2 is 1.83 bits per heavy atom. The summed E-state index contributed by atoms with van der Waals surface area (Å²) in [7, 11) is 2.06. The van der Waals surface area contributed by atoms with Crippen molar-refractivity contribution in [3.63, 3.8) is 0 Å². The van der Waals surface area contributed by atoms with Crippen LogP contribution in [0.1, 0.15) is 12.5 Å². The maximum Gasteiger partial charge on any atom is 0.263 e. The highest BCUT2D eigenvalue weighted by molar-refractivity contribution is 6.30. The summed E-state index contributed by atoms with van der Waals surface area (Å²) in [4.78, 5) is 16.8. The number of hydrogen-bond donors (Lipinski definition) is 0. The van der Waals surface area contributed by atoms with Gasteiger partial charge in [0.25, 0.3) is 5.91 Å². The molecule has 4 nitrogen and oxygen atoms in total. The van der Waals surface area contributed by atoms with E-state index in [1.54, 1.807) is 31.2 Å². The fourth-order valence-electron chi connectivity index (χ4n) is 2.91. The first-order valence-electron chi connectivity index (χ1n) is 8.04. The largest absolute Gasteiger partial charge is 0.481 e. The molecule has 24 heavy (non-hydrogen) atoms. The molecule has 0 saturated heterocycles. The number of carbonyl (C=O) groups excluding carboxylic acids is 1. The number of benzene rings is 2. The van der Waals surface area contributed by atoms with Crippen LogP contribution in [0, 0.1) is 0 Å². The van der Waals surface area contributed by atoms with E-state index in [0.717, 1.165) is 12.1 Å². The predicted octanol–water partition coefficient (Wildman–Crippen LogP) is 3.59. The molecule has 1 amide bonds. The van der Waals surface area contributed by atoms with Crippen LogP contribution in [0.5, 0.6) is 5.75 Å². The minimum absolute atomic E-state index is 0.00458. The molecule has 2 aromatic rings. The highest BCUT2D eigenvalue weighted by Gasteiger charge is 2.25. The first-order chi connectivity index (χ1) is 11.5. The fraction of sp³-hybridized carbons (Fsp3) is 0.316. The Bertz CT molecular complexity index is 718. The van der Waals surface area contributed by atoms with Crippen LogP contribution < -0.4 is 9.64 Å². The van der Waals surface area contributed by atoms with Crippen molar-refractivity contribution in [3.05, 3.63) is 59.1 Å². The van der Waals surface area contributed by atoms with Crippen LogP contribution in [0.4, 0.5) is 5.69 Å². The van der Waals surface area contributed by atoms with E-state index in [4.69, 9.17) is 16.3 Å². The van der Waals surface area contributed by atoms with Crippen LogP contribution >= 0.6 is 11.6 Å². The van der Waals surface area contributed by atoms with E-state index in [-0.39, 0.29) is 5.91 Å². The van der Waals surface area contributed by atoms with E-state index >= 15 is 0 Å². The summed E-state index contributed by atoms with van der Waals surface area (Å²) in [5, 5.41) is 0.647. The molecule has 1 heterocycles. The average Bonchev–Trinajstić information content (AvgIpc) is 2.76. The summed E-state index contributed by atoms with van der Waals surface area (Å²) in [6.45, 7) is 3.87. The van der Waals surface area contributed by atoms with Crippen LogP contribution in [0.25, 0.3) is 0 Å². The van der Waals surface area contributed by atoms with E-state index in [0.29, 0.717) is 23.9 Å². The van der Waals surface area contributed by atoms with Crippen LogP contribution in [0.3, 0.4) is 0 Å². The Morgan fingerprint density at radius 1 is 1.12 bits per heavy atom. The quantitative estimate of drug-likeness (QED) is 0.853. The van der Waals surface area contributed by atoms with Crippen LogP contribution in [-0.2, 0) is 11.3 Å². The lowest BCUT2D eigenvalue weighted by Crippen LogP contribution is -2.41. The lowest BCUT2D eigenvalue weighted by atomic mass is 10.1. The van der Waals surface area contributed by atoms with Crippen molar-refractivity contribution in [2.24, 2.45) is 0 Å². The third-order valence-electron chi connectivity index (χ3n) is 4.26. The monoisotopic (exact) mass is 344 g/mol. The first kappa shape index (κ1) is 16.7. The van der Waals surface area contributed by atoms with Crippen molar-refractivity contribution < 1.29 is 9.53 Å². The second-order valence-corrected chi connectivity index (χ2v) is 6.46. The second kappa shape index (κ2) is 7.14. The number of rotatable bonds is 3. The summed E-state index contributed by atoms with van der Waals surface area (Å²) in [5.74, 6) is 0.641. The van der Waals surface area contributed by atoms with E-state index < -0.39 is 6.10 Å². The maximum atomic E-state index is 12.8. The van der Waals surface area contributed by atoms with Gasteiger partial charge in [-0.25, -0.2) is 0 Å². The van der Waals surface area contributed by atoms with Crippen LogP contribution in [0.2, 0.25) is 5.02 Å². The standard InChI is InChI=1S/C19H21ClN2O2/c1-14(24-17-9-7-16(20)8-10-17)19(23)22-12-11-21(2)18-6-4-3-5-15(18)13-22/h3-10,14H,11-13H2,1-2H3. The Morgan fingerprint density at radius 3 is 2.58 bits per heavy atom. The van der Waals surface area contributed by atoms with Gasteiger partial charge < -0.3 is 14.5 Å². The molecule has 0 aliphatic carbocycles. The van der Waals surface area contributed by atoms with Gasteiger partial charge in [0.2, 0.25) is 0 Å². The Hall–Kier alpha value is -2.20. The molecule has 1 unspecified atom stereocenters. The summed E-state index contributed by atoms with van der Waals surface area (Å²) in [5.41, 5.74) is 2.34. The topological polar surface area (TPSA) is 32.8 Å². The van der Waals surface area contributed by atoms with Crippen molar-refractivity contribution in [2.75, 3.05) is 25.0 Å². The molecular weight excluding hydrogens is 324 g/mol. The van der Waals surface area contributed by atoms with Gasteiger partial charge in [0.05, 0.1) is 0 Å². The third-order valence-corrected chi connectivity index (χ3v) is 4.51. The number of para-hydroxylation sites is 1. The van der Waals surface area contributed by atoms with Gasteiger partial charge in [-0.3, -0.25) is 4.79 Å². The molecule has 1 atom stereocenters. The number of amides is 1. The molecule has 0 N–H and O–H groups in total. The molecule has 0 bridgehead atoms. The van der Waals surface area contributed by atoms with Gasteiger partial charge in [-0.2, -0.15) is 0 Å². The highest BCUT2D eigenvalue weighted by atomic mass is 35.5. The number of anilines is 1. The Labute approximate surface area is 147 Å². The number of ether oxygens (including phenoxy) is 1. The van der Waals surface area contributed by atoms with E-state index in [2.05, 4.69) is 24.1 Å². The first-order valence-corrected chi connectivity index (χ1v) is 8.42. The van der Waals surface area contributed by atoms with Gasteiger partial charge in [0.1, 0.15) is 5.75 Å². The van der Waals surface area contributed by atoms with E-state index in [1.165, 1.54) is 5.69 Å². The van der Waals surface area contributed by atoms with Crippen LogP contribution in [-0.4, -0.2) is 37.0 Å². The normalized spacial score (nSPS) is 15.5. The number of fused-ring (bicyclic) bond motifs is 1. The number of halogens is 1. The van der Waals surface area contributed by atoms with Gasteiger partial charge in [0.15, 0.2) is 6.10 Å². The molecule has 1 aliphatic rings. The zero-order valence-corrected chi connectivity index (χ0v) is 14.7. The van der Waals surface area contributed by atoms with Crippen molar-refractivity contribution in [1.29, 1.82) is 0 Å². The van der Waals surface area contributed by atoms with Gasteiger partial charge >= 0.3 is 0 Å². The summed E-state index contributed by atoms with van der Waals surface area (Å²) < 4.78 is 5.78. The molecule has 3 rings (SSSR count). The lowest BCUT2D eigenvalue weighted by Gasteiger charge is -2.25. The molecule has 1 aliphatic heterocycles. The Kier molecular flexibility index (Phi) is 4.95. The van der Waals surface area contributed by atoms with Gasteiger partial charge in [-0.05, 0) is 42.8 Å². The second-order valence-electron chi connectivity index (χ2n) is 6.02. The molecule has 0 spiro atoms. The van der Waals surface area contributed by atoms with Crippen molar-refractivity contribution >= 4 is 23.2 Å². The summed E-state index contributed by atoms with van der Waals surface area (Å²) >= 11 is 5.88. The van der Waals surface area contributed by atoms with Gasteiger partial charge in [-0.1, -0.05) is 29.8 Å². The van der Waals surface area contributed by atoms with Gasteiger partial charge in [-0.15, -0.1) is 0 Å². The van der Waals surface area contributed by atoms with Gasteiger partial charge in [0, 0.05) is 37.4 Å². The number of likely N-dealkylation sites (N-methyl/N-ethyl adjacent to an activating group) is 1. The molecule has 2 aromatic carbocycles. The van der Waals surface area contributed by atoms with Crippen LogP contribution in [0.15, 0.2) is 48.5 Å². The molecule has 5 heteroatoms. The number of nitrogens with zero attached hydrogens (tertiary/aromatic N) is 2. The smallest absolute Gasteiger partial charge is 0.263 e. The van der Waals surface area contributed by atoms with Crippen molar-refractivity contribution in [1.82, 2.24) is 4.90 Å². The molecular formula is C19H21ClN2O2. The number of carbonyl (C=O) groups is 1. The highest BCUT2D eigenvalue weighted by Crippen LogP contribution is 2.24. The molecule has 126 valence electrons. The Balaban J connectivity index is 1.71. The van der Waals surface area contributed by atoms with E-state index in [9.17, 15) is 4.79 Å². The van der Waals surface area contributed by atoms with E-state index in [1.807, 2.05) is 17.0 Å². The minimum atomic E-state index is -0.540. The zero-order valence-electron chi connectivity index (χ0n) is 13.9. The number of hydrogen-bond acceptors (Lipinski definition) is 3. The van der Waals surface area contributed by atoms with Crippen molar-refractivity contribution in [2.45, 2.75) is 19.6 Å². The predicted molar refractivity (Wildman–Crippen MR) is 96.7 cm³/mol. The molecule has 0 radical (unpaired) electrons. The lowest BCUT2D eigenvalue weighted by molar-refractivity contribution is -0.138. The minimum Gasteiger partial charge on any atom is -0.481 e. The van der Waals surface area contributed by atoms with Crippen molar-refractivity contribution in [3.8, 4) is 5.75 Å². The summed E-state index contributed by atoms with van der Waals surface area (Å²) in [6, 6.07) is 15.3. The molecule has 0 saturated carbocycles. The fourth-order valence-corrected chi connectivity index (χ4v) is 3.03. The maximum absolute atomic E-state index is 12.8. The molecule has 0 fully saturated rings. The summed E-state index contributed by atoms with van der Waals surface area (Å²) in [6.07, 6.45) is -0.540. The average molecular weight is 345 g/mol. The zero-order chi connectivity index (χ0) is 17.1. The molecule has 0 aromatic heterocycles.